The molecular formula is C26H16ClF7N4O3. The van der Waals surface area contributed by atoms with Crippen LogP contribution in [0.3, 0.4) is 0 Å². The van der Waals surface area contributed by atoms with Gasteiger partial charge in [-0.1, -0.05) is 11.6 Å². The fraction of sp³-hybridized carbons (Fsp3) is 0.192. The first-order valence-corrected chi connectivity index (χ1v) is 12.1. The van der Waals surface area contributed by atoms with Gasteiger partial charge in [-0.15, -0.1) is 0 Å². The summed E-state index contributed by atoms with van der Waals surface area (Å²) < 4.78 is 94.0. The Morgan fingerprint density at radius 2 is 1.80 bits per heavy atom. The molecule has 0 radical (unpaired) electrons. The monoisotopic (exact) mass is 600 g/mol. The summed E-state index contributed by atoms with van der Waals surface area (Å²) in [5.74, 6) is -4.08. The number of nitrogens with zero attached hydrogens (tertiary/aromatic N) is 1. The van der Waals surface area contributed by atoms with Gasteiger partial charge in [-0.2, -0.15) is 13.2 Å². The van der Waals surface area contributed by atoms with Crippen LogP contribution >= 0.6 is 11.6 Å². The summed E-state index contributed by atoms with van der Waals surface area (Å²) >= 11 is 6.26. The third kappa shape index (κ3) is 5.38. The summed E-state index contributed by atoms with van der Waals surface area (Å²) in [6, 6.07) is 3.56. The van der Waals surface area contributed by atoms with Gasteiger partial charge < -0.3 is 20.9 Å². The summed E-state index contributed by atoms with van der Waals surface area (Å²) in [4.78, 5) is 39.6. The molecule has 0 spiro atoms. The lowest BCUT2D eigenvalue weighted by atomic mass is 9.92. The van der Waals surface area contributed by atoms with Gasteiger partial charge in [-0.25, -0.2) is 22.4 Å². The number of carbonyl (C=O) groups is 3. The Kier molecular flexibility index (Phi) is 7.05. The number of amides is 4. The maximum atomic E-state index is 14.2. The lowest BCUT2D eigenvalue weighted by molar-refractivity contribution is -0.137. The summed E-state index contributed by atoms with van der Waals surface area (Å²) in [6.07, 6.45) is -7.86. The molecule has 1 atom stereocenters. The number of hydrogen-bond acceptors (Lipinski definition) is 3. The highest BCUT2D eigenvalue weighted by Crippen LogP contribution is 2.45. The summed E-state index contributed by atoms with van der Waals surface area (Å²) in [5, 5.41) is 7.32. The van der Waals surface area contributed by atoms with Crippen LogP contribution in [0.2, 0.25) is 5.02 Å². The SMILES string of the molecule is O=C(Nc1cc2c(c3c1[C@H](c1cc(F)ccc1Cl)NC3=O)NC(=O)N(CC(F)F)C2)c1cc(F)cc(C(F)(F)F)c1. The van der Waals surface area contributed by atoms with E-state index in [-0.39, 0.29) is 44.7 Å². The van der Waals surface area contributed by atoms with Gasteiger partial charge in [-0.3, -0.25) is 9.59 Å². The summed E-state index contributed by atoms with van der Waals surface area (Å²) in [6.45, 7) is -1.38. The first-order chi connectivity index (χ1) is 19.2. The lowest BCUT2D eigenvalue weighted by Crippen LogP contribution is -2.42. The van der Waals surface area contributed by atoms with Crippen molar-refractivity contribution >= 4 is 40.8 Å². The van der Waals surface area contributed by atoms with E-state index in [9.17, 15) is 45.1 Å². The molecule has 3 aromatic rings. The Labute approximate surface area is 231 Å². The molecule has 4 amide bonds. The standard InChI is InChI=1S/C26H16ClF7N4O3/c27-16-2-1-13(28)7-15(16)22-19-17(35-23(39)10-3-12(26(32,33)34)6-14(29)4-10)5-11-8-38(9-18(30)31)25(41)37-21(11)20(19)24(40)36-22/h1-7,18,22H,8-9H2,(H,35,39)(H,36,40)(H,37,41)/t22-/m0/s1. The Bertz CT molecular complexity index is 1610. The normalized spacial score (nSPS) is 16.3. The fourth-order valence-electron chi connectivity index (χ4n) is 4.76. The van der Waals surface area contributed by atoms with Crippen LogP contribution in [-0.4, -0.2) is 35.7 Å². The first-order valence-electron chi connectivity index (χ1n) is 11.7. The number of halogens is 8. The minimum absolute atomic E-state index is 0.00615. The van der Waals surface area contributed by atoms with Gasteiger partial charge >= 0.3 is 12.2 Å². The molecule has 0 saturated carbocycles. The highest BCUT2D eigenvalue weighted by molar-refractivity contribution is 6.31. The molecule has 41 heavy (non-hydrogen) atoms. The lowest BCUT2D eigenvalue weighted by Gasteiger charge is -2.31. The molecule has 0 bridgehead atoms. The van der Waals surface area contributed by atoms with E-state index in [1.807, 2.05) is 0 Å². The van der Waals surface area contributed by atoms with Crippen molar-refractivity contribution in [1.29, 1.82) is 0 Å². The van der Waals surface area contributed by atoms with Gasteiger partial charge in [0, 0.05) is 33.9 Å². The zero-order valence-electron chi connectivity index (χ0n) is 20.3. The minimum Gasteiger partial charge on any atom is -0.341 e. The largest absolute Gasteiger partial charge is 0.416 e. The average Bonchev–Trinajstić information content (AvgIpc) is 3.22. The van der Waals surface area contributed by atoms with Crippen LogP contribution in [0.4, 0.5) is 46.9 Å². The van der Waals surface area contributed by atoms with Gasteiger partial charge in [-0.05, 0) is 48.0 Å². The molecule has 5 rings (SSSR count). The second kappa shape index (κ2) is 10.3. The Balaban J connectivity index is 1.66. The second-order valence-electron chi connectivity index (χ2n) is 9.20. The van der Waals surface area contributed by atoms with E-state index in [4.69, 9.17) is 11.6 Å². The van der Waals surface area contributed by atoms with Crippen LogP contribution in [0.25, 0.3) is 0 Å². The molecule has 2 heterocycles. The Morgan fingerprint density at radius 3 is 2.49 bits per heavy atom. The van der Waals surface area contributed by atoms with Crippen LogP contribution < -0.4 is 16.0 Å². The molecule has 2 aliphatic heterocycles. The highest BCUT2D eigenvalue weighted by Gasteiger charge is 2.40. The topological polar surface area (TPSA) is 90.5 Å². The predicted molar refractivity (Wildman–Crippen MR) is 132 cm³/mol. The van der Waals surface area contributed by atoms with Crippen molar-refractivity contribution in [2.24, 2.45) is 0 Å². The van der Waals surface area contributed by atoms with E-state index in [2.05, 4.69) is 16.0 Å². The smallest absolute Gasteiger partial charge is 0.341 e. The Hall–Kier alpha value is -4.33. The van der Waals surface area contributed by atoms with E-state index in [0.29, 0.717) is 12.1 Å². The summed E-state index contributed by atoms with van der Waals surface area (Å²) in [7, 11) is 0. The highest BCUT2D eigenvalue weighted by atomic mass is 35.5. The number of fused-ring (bicyclic) bond motifs is 3. The van der Waals surface area contributed by atoms with E-state index in [1.54, 1.807) is 0 Å². The van der Waals surface area contributed by atoms with Gasteiger partial charge in [0.05, 0.1) is 29.4 Å². The molecule has 3 aromatic carbocycles. The van der Waals surface area contributed by atoms with Gasteiger partial charge in [0.15, 0.2) is 0 Å². The zero-order valence-corrected chi connectivity index (χ0v) is 21.1. The fourth-order valence-corrected chi connectivity index (χ4v) is 4.99. The average molecular weight is 601 g/mol. The molecule has 0 saturated heterocycles. The number of hydrogen-bond donors (Lipinski definition) is 3. The van der Waals surface area contributed by atoms with Crippen molar-refractivity contribution < 1.29 is 45.1 Å². The number of carbonyl (C=O) groups excluding carboxylic acids is 3. The molecule has 7 nitrogen and oxygen atoms in total. The van der Waals surface area contributed by atoms with Crippen LogP contribution in [0, 0.1) is 11.6 Å². The Morgan fingerprint density at radius 1 is 1.07 bits per heavy atom. The van der Waals surface area contributed by atoms with Gasteiger partial charge in [0.25, 0.3) is 18.2 Å². The third-order valence-corrected chi connectivity index (χ3v) is 6.83. The van der Waals surface area contributed by atoms with E-state index >= 15 is 0 Å². The molecule has 0 fully saturated rings. The predicted octanol–water partition coefficient (Wildman–Crippen LogP) is 6.33. The van der Waals surface area contributed by atoms with Gasteiger partial charge in [0.1, 0.15) is 11.6 Å². The number of urea groups is 1. The second-order valence-corrected chi connectivity index (χ2v) is 9.61. The van der Waals surface area contributed by atoms with Crippen LogP contribution in [0.15, 0.2) is 42.5 Å². The molecule has 0 aromatic heterocycles. The van der Waals surface area contributed by atoms with Crippen molar-refractivity contribution in [3.8, 4) is 0 Å². The maximum Gasteiger partial charge on any atom is 0.416 e. The zero-order chi connectivity index (χ0) is 29.8. The van der Waals surface area contributed by atoms with Crippen molar-refractivity contribution in [1.82, 2.24) is 10.2 Å². The van der Waals surface area contributed by atoms with Crippen LogP contribution in [0.1, 0.15) is 49.0 Å². The molecule has 15 heteroatoms. The quantitative estimate of drug-likeness (QED) is 0.299. The van der Waals surface area contributed by atoms with Crippen molar-refractivity contribution in [2.75, 3.05) is 17.2 Å². The van der Waals surface area contributed by atoms with Crippen molar-refractivity contribution in [2.45, 2.75) is 25.2 Å². The number of anilines is 2. The number of benzene rings is 3. The molecular weight excluding hydrogens is 585 g/mol. The third-order valence-electron chi connectivity index (χ3n) is 6.48. The van der Waals surface area contributed by atoms with E-state index in [1.165, 1.54) is 12.1 Å². The maximum absolute atomic E-state index is 14.2. The molecule has 2 aliphatic rings. The molecule has 214 valence electrons. The number of rotatable bonds is 5. The number of nitrogens with one attached hydrogen (secondary N) is 3. The van der Waals surface area contributed by atoms with Crippen molar-refractivity contribution in [3.05, 3.63) is 92.5 Å². The van der Waals surface area contributed by atoms with Crippen LogP contribution in [0.5, 0.6) is 0 Å². The van der Waals surface area contributed by atoms with E-state index in [0.717, 1.165) is 17.0 Å². The molecule has 3 N–H and O–H groups in total. The van der Waals surface area contributed by atoms with Crippen molar-refractivity contribution in [3.63, 3.8) is 0 Å². The minimum atomic E-state index is -4.97. The molecule has 0 aliphatic carbocycles. The number of alkyl halides is 5. The summed E-state index contributed by atoms with van der Waals surface area (Å²) in [5.41, 5.74) is -2.49. The van der Waals surface area contributed by atoms with E-state index < -0.39 is 72.3 Å². The van der Waals surface area contributed by atoms with Crippen LogP contribution in [-0.2, 0) is 12.7 Å². The molecule has 0 unspecified atom stereocenters. The first kappa shape index (κ1) is 28.2. The van der Waals surface area contributed by atoms with Gasteiger partial charge in [0.2, 0.25) is 0 Å².